The van der Waals surface area contributed by atoms with Gasteiger partial charge in [-0.15, -0.1) is 0 Å². The van der Waals surface area contributed by atoms with Gasteiger partial charge in [-0.3, -0.25) is 0 Å². The van der Waals surface area contributed by atoms with E-state index < -0.39 is 6.10 Å². The molecule has 0 aliphatic heterocycles. The third-order valence-corrected chi connectivity index (χ3v) is 5.63. The zero-order chi connectivity index (χ0) is 14.4. The average Bonchev–Trinajstić information content (AvgIpc) is 2.96. The Balaban J connectivity index is 1.83. The van der Waals surface area contributed by atoms with E-state index in [1.54, 1.807) is 7.11 Å². The van der Waals surface area contributed by atoms with E-state index in [2.05, 4.69) is 11.6 Å². The van der Waals surface area contributed by atoms with Crippen molar-refractivity contribution in [2.45, 2.75) is 36.5 Å². The van der Waals surface area contributed by atoms with Crippen LogP contribution in [-0.4, -0.2) is 36.3 Å². The predicted octanol–water partition coefficient (Wildman–Crippen LogP) is 2.99. The maximum Gasteiger partial charge on any atom is 0.119 e. The molecule has 1 fully saturated rings. The highest BCUT2D eigenvalue weighted by Crippen LogP contribution is 2.39. The molecule has 1 atom stereocenters. The lowest BCUT2D eigenvalue weighted by atomic mass is 10.1. The molecule has 0 aromatic heterocycles. The SMILES string of the molecule is COc1cccc(C(O)CNCC2(SC)CCCC2)c1. The van der Waals surface area contributed by atoms with Crippen molar-refractivity contribution in [1.82, 2.24) is 5.32 Å². The third kappa shape index (κ3) is 3.90. The zero-order valence-corrected chi connectivity index (χ0v) is 13.2. The first-order chi connectivity index (χ1) is 9.69. The Hall–Kier alpha value is -0.710. The van der Waals surface area contributed by atoms with Crippen LogP contribution in [0.2, 0.25) is 0 Å². The van der Waals surface area contributed by atoms with E-state index in [0.29, 0.717) is 11.3 Å². The van der Waals surface area contributed by atoms with E-state index in [4.69, 9.17) is 4.74 Å². The van der Waals surface area contributed by atoms with Gasteiger partial charge in [0.2, 0.25) is 0 Å². The molecular formula is C16H25NO2S. The lowest BCUT2D eigenvalue weighted by Gasteiger charge is -2.27. The lowest BCUT2D eigenvalue weighted by Crippen LogP contribution is -2.37. The summed E-state index contributed by atoms with van der Waals surface area (Å²) in [7, 11) is 1.64. The van der Waals surface area contributed by atoms with Gasteiger partial charge in [0, 0.05) is 17.8 Å². The minimum atomic E-state index is -0.481. The second-order valence-electron chi connectivity index (χ2n) is 5.52. The summed E-state index contributed by atoms with van der Waals surface area (Å²) in [5, 5.41) is 13.7. The van der Waals surface area contributed by atoms with Crippen molar-refractivity contribution in [3.05, 3.63) is 29.8 Å². The Morgan fingerprint density at radius 1 is 1.40 bits per heavy atom. The molecule has 1 aliphatic carbocycles. The van der Waals surface area contributed by atoms with Crippen LogP contribution >= 0.6 is 11.8 Å². The van der Waals surface area contributed by atoms with Gasteiger partial charge in [0.1, 0.15) is 5.75 Å². The second kappa shape index (κ2) is 7.34. The van der Waals surface area contributed by atoms with E-state index in [1.807, 2.05) is 36.0 Å². The van der Waals surface area contributed by atoms with Crippen molar-refractivity contribution >= 4 is 11.8 Å². The van der Waals surface area contributed by atoms with Crippen LogP contribution in [0.3, 0.4) is 0 Å². The number of nitrogens with one attached hydrogen (secondary N) is 1. The molecule has 112 valence electrons. The first-order valence-electron chi connectivity index (χ1n) is 7.27. The molecule has 1 unspecified atom stereocenters. The van der Waals surface area contributed by atoms with Crippen LogP contribution in [0, 0.1) is 0 Å². The highest BCUT2D eigenvalue weighted by atomic mass is 32.2. The van der Waals surface area contributed by atoms with E-state index in [1.165, 1.54) is 25.7 Å². The van der Waals surface area contributed by atoms with Crippen molar-refractivity contribution in [1.29, 1.82) is 0 Å². The molecule has 4 heteroatoms. The van der Waals surface area contributed by atoms with E-state index >= 15 is 0 Å². The van der Waals surface area contributed by atoms with Crippen LogP contribution in [0.5, 0.6) is 5.75 Å². The Labute approximate surface area is 126 Å². The number of ether oxygens (including phenoxy) is 1. The summed E-state index contributed by atoms with van der Waals surface area (Å²) >= 11 is 1.97. The highest BCUT2D eigenvalue weighted by Gasteiger charge is 2.32. The molecule has 1 aromatic rings. The number of hydrogen-bond acceptors (Lipinski definition) is 4. The number of methoxy groups -OCH3 is 1. The van der Waals surface area contributed by atoms with Gasteiger partial charge >= 0.3 is 0 Å². The highest BCUT2D eigenvalue weighted by molar-refractivity contribution is 8.00. The fraction of sp³-hybridized carbons (Fsp3) is 0.625. The zero-order valence-electron chi connectivity index (χ0n) is 12.4. The van der Waals surface area contributed by atoms with Crippen molar-refractivity contribution in [2.24, 2.45) is 0 Å². The summed E-state index contributed by atoms with van der Waals surface area (Å²) < 4.78 is 5.57. The lowest BCUT2D eigenvalue weighted by molar-refractivity contribution is 0.173. The van der Waals surface area contributed by atoms with Crippen LogP contribution in [0.4, 0.5) is 0 Å². The molecule has 0 spiro atoms. The Kier molecular flexibility index (Phi) is 5.75. The number of thioether (sulfide) groups is 1. The smallest absolute Gasteiger partial charge is 0.119 e. The fourth-order valence-electron chi connectivity index (χ4n) is 2.88. The summed E-state index contributed by atoms with van der Waals surface area (Å²) in [6.07, 6.45) is 6.96. The normalized spacial score (nSPS) is 18.9. The van der Waals surface area contributed by atoms with Gasteiger partial charge in [-0.1, -0.05) is 25.0 Å². The summed E-state index contributed by atoms with van der Waals surface area (Å²) in [6, 6.07) is 7.64. The quantitative estimate of drug-likeness (QED) is 0.811. The molecule has 2 rings (SSSR count). The monoisotopic (exact) mass is 295 g/mol. The minimum Gasteiger partial charge on any atom is -0.497 e. The standard InChI is InChI=1S/C16H25NO2S/c1-19-14-7-5-6-13(10-14)15(18)11-17-12-16(20-2)8-3-4-9-16/h5-7,10,15,17-18H,3-4,8-9,11-12H2,1-2H3. The molecular weight excluding hydrogens is 270 g/mol. The number of aliphatic hydroxyl groups is 1. The molecule has 0 heterocycles. The Morgan fingerprint density at radius 3 is 2.80 bits per heavy atom. The van der Waals surface area contributed by atoms with Gasteiger partial charge < -0.3 is 15.2 Å². The summed E-state index contributed by atoms with van der Waals surface area (Å²) in [5.41, 5.74) is 0.904. The van der Waals surface area contributed by atoms with Crippen molar-refractivity contribution in [3.8, 4) is 5.75 Å². The molecule has 2 N–H and O–H groups in total. The van der Waals surface area contributed by atoms with Crippen LogP contribution in [0.25, 0.3) is 0 Å². The maximum absolute atomic E-state index is 10.2. The molecule has 1 aromatic carbocycles. The summed E-state index contributed by atoms with van der Waals surface area (Å²) in [4.78, 5) is 0. The van der Waals surface area contributed by atoms with Crippen LogP contribution in [0.15, 0.2) is 24.3 Å². The fourth-order valence-corrected chi connectivity index (χ4v) is 3.82. The van der Waals surface area contributed by atoms with Gasteiger partial charge in [-0.25, -0.2) is 0 Å². The van der Waals surface area contributed by atoms with Gasteiger partial charge in [-0.2, -0.15) is 11.8 Å². The molecule has 3 nitrogen and oxygen atoms in total. The average molecular weight is 295 g/mol. The number of hydrogen-bond donors (Lipinski definition) is 2. The third-order valence-electron chi connectivity index (χ3n) is 4.21. The van der Waals surface area contributed by atoms with Crippen molar-refractivity contribution in [3.63, 3.8) is 0 Å². The summed E-state index contributed by atoms with van der Waals surface area (Å²) in [5.74, 6) is 0.790. The van der Waals surface area contributed by atoms with E-state index in [9.17, 15) is 5.11 Å². The summed E-state index contributed by atoms with van der Waals surface area (Å²) in [6.45, 7) is 1.57. The Bertz CT molecular complexity index is 419. The molecule has 0 amide bonds. The first kappa shape index (κ1) is 15.7. The molecule has 20 heavy (non-hydrogen) atoms. The Morgan fingerprint density at radius 2 is 2.15 bits per heavy atom. The molecule has 0 saturated heterocycles. The second-order valence-corrected chi connectivity index (χ2v) is 6.79. The van der Waals surface area contributed by atoms with Crippen LogP contribution in [0.1, 0.15) is 37.4 Å². The van der Waals surface area contributed by atoms with E-state index in [-0.39, 0.29) is 0 Å². The van der Waals surface area contributed by atoms with Gasteiger partial charge in [0.25, 0.3) is 0 Å². The van der Waals surface area contributed by atoms with Crippen LogP contribution in [-0.2, 0) is 0 Å². The maximum atomic E-state index is 10.2. The van der Waals surface area contributed by atoms with Gasteiger partial charge in [-0.05, 0) is 36.8 Å². The minimum absolute atomic E-state index is 0.383. The predicted molar refractivity (Wildman–Crippen MR) is 85.5 cm³/mol. The molecule has 1 aliphatic rings. The molecule has 1 saturated carbocycles. The van der Waals surface area contributed by atoms with Gasteiger partial charge in [0.05, 0.1) is 13.2 Å². The largest absolute Gasteiger partial charge is 0.497 e. The number of aliphatic hydroxyl groups excluding tert-OH is 1. The molecule has 0 radical (unpaired) electrons. The topological polar surface area (TPSA) is 41.5 Å². The van der Waals surface area contributed by atoms with Crippen molar-refractivity contribution < 1.29 is 9.84 Å². The molecule has 0 bridgehead atoms. The van der Waals surface area contributed by atoms with Crippen molar-refractivity contribution in [2.75, 3.05) is 26.5 Å². The van der Waals surface area contributed by atoms with E-state index in [0.717, 1.165) is 17.9 Å². The van der Waals surface area contributed by atoms with Crippen LogP contribution < -0.4 is 10.1 Å². The number of rotatable bonds is 7. The number of benzene rings is 1. The first-order valence-corrected chi connectivity index (χ1v) is 8.49. The van der Waals surface area contributed by atoms with Gasteiger partial charge in [0.15, 0.2) is 0 Å².